The Hall–Kier alpha value is 0.100. The van der Waals surface area contributed by atoms with E-state index in [2.05, 4.69) is 37.1 Å². The standard InChI is InChI=1S/C14H26O4S2/c15-13(11-19)9-17-7-5-3-1-2-4-6-8-18-10-14(16)12-20/h13-16,19-20H,3-12H2. The lowest BCUT2D eigenvalue weighted by molar-refractivity contribution is 0.0479. The minimum absolute atomic E-state index is 0.340. The first-order chi connectivity index (χ1) is 9.70. The highest BCUT2D eigenvalue weighted by molar-refractivity contribution is 7.80. The fourth-order valence-corrected chi connectivity index (χ4v) is 1.46. The summed E-state index contributed by atoms with van der Waals surface area (Å²) < 4.78 is 10.5. The number of hydrogen-bond donors (Lipinski definition) is 4. The number of hydrogen-bond acceptors (Lipinski definition) is 6. The van der Waals surface area contributed by atoms with Crippen molar-refractivity contribution in [1.82, 2.24) is 0 Å². The molecule has 0 aliphatic heterocycles. The summed E-state index contributed by atoms with van der Waals surface area (Å²) in [7, 11) is 0. The van der Waals surface area contributed by atoms with Gasteiger partial charge in [-0.3, -0.25) is 0 Å². The zero-order valence-corrected chi connectivity index (χ0v) is 13.6. The van der Waals surface area contributed by atoms with E-state index in [9.17, 15) is 10.2 Å². The Morgan fingerprint density at radius 3 is 1.55 bits per heavy atom. The van der Waals surface area contributed by atoms with E-state index in [0.717, 1.165) is 25.7 Å². The molecule has 20 heavy (non-hydrogen) atoms. The van der Waals surface area contributed by atoms with E-state index in [4.69, 9.17) is 9.47 Å². The predicted octanol–water partition coefficient (Wildman–Crippen LogP) is 1.16. The Bertz CT molecular complexity index is 242. The van der Waals surface area contributed by atoms with Gasteiger partial charge in [0, 0.05) is 37.6 Å². The van der Waals surface area contributed by atoms with Crippen molar-refractivity contribution in [2.75, 3.05) is 37.9 Å². The Morgan fingerprint density at radius 2 is 1.20 bits per heavy atom. The molecule has 0 radical (unpaired) electrons. The van der Waals surface area contributed by atoms with Crippen LogP contribution in [0.4, 0.5) is 0 Å². The van der Waals surface area contributed by atoms with Gasteiger partial charge in [-0.2, -0.15) is 25.3 Å². The van der Waals surface area contributed by atoms with Gasteiger partial charge in [0.05, 0.1) is 25.4 Å². The highest BCUT2D eigenvalue weighted by Crippen LogP contribution is 1.95. The van der Waals surface area contributed by atoms with Crippen LogP contribution in [0.1, 0.15) is 25.7 Å². The minimum atomic E-state index is -0.481. The third-order valence-electron chi connectivity index (χ3n) is 2.35. The molecule has 0 heterocycles. The van der Waals surface area contributed by atoms with Gasteiger partial charge in [0.15, 0.2) is 0 Å². The highest BCUT2D eigenvalue weighted by Gasteiger charge is 2.00. The molecular weight excluding hydrogens is 296 g/mol. The summed E-state index contributed by atoms with van der Waals surface area (Å²) in [4.78, 5) is 0. The molecule has 118 valence electrons. The van der Waals surface area contributed by atoms with Crippen molar-refractivity contribution in [3.63, 3.8) is 0 Å². The Morgan fingerprint density at radius 1 is 0.800 bits per heavy atom. The molecule has 2 atom stereocenters. The maximum absolute atomic E-state index is 9.19. The van der Waals surface area contributed by atoms with Crippen molar-refractivity contribution >= 4 is 25.3 Å². The molecule has 2 N–H and O–H groups in total. The first-order valence-corrected chi connectivity index (χ1v) is 8.16. The summed E-state index contributed by atoms with van der Waals surface area (Å²) in [6.45, 7) is 1.91. The van der Waals surface area contributed by atoms with E-state index >= 15 is 0 Å². The highest BCUT2D eigenvalue weighted by atomic mass is 32.1. The van der Waals surface area contributed by atoms with Gasteiger partial charge in [0.1, 0.15) is 0 Å². The molecule has 0 amide bonds. The molecule has 0 saturated carbocycles. The summed E-state index contributed by atoms with van der Waals surface area (Å²) >= 11 is 7.92. The molecule has 2 unspecified atom stereocenters. The monoisotopic (exact) mass is 322 g/mol. The lowest BCUT2D eigenvalue weighted by atomic mass is 10.3. The van der Waals surface area contributed by atoms with Crippen molar-refractivity contribution in [1.29, 1.82) is 0 Å². The first-order valence-electron chi connectivity index (χ1n) is 6.89. The van der Waals surface area contributed by atoms with Gasteiger partial charge in [0.25, 0.3) is 0 Å². The minimum Gasteiger partial charge on any atom is -0.390 e. The summed E-state index contributed by atoms with van der Waals surface area (Å²) in [5.41, 5.74) is 0. The van der Waals surface area contributed by atoms with Gasteiger partial charge < -0.3 is 19.7 Å². The van der Waals surface area contributed by atoms with E-state index in [-0.39, 0.29) is 0 Å². The van der Waals surface area contributed by atoms with Crippen LogP contribution >= 0.6 is 25.3 Å². The maximum atomic E-state index is 9.19. The van der Waals surface area contributed by atoms with Crippen LogP contribution in [0.15, 0.2) is 0 Å². The average molecular weight is 322 g/mol. The zero-order valence-electron chi connectivity index (χ0n) is 11.8. The van der Waals surface area contributed by atoms with Crippen LogP contribution in [0.25, 0.3) is 0 Å². The van der Waals surface area contributed by atoms with Gasteiger partial charge in [-0.15, -0.1) is 11.8 Å². The second kappa shape index (κ2) is 15.5. The smallest absolute Gasteiger partial charge is 0.0861 e. The van der Waals surface area contributed by atoms with E-state index in [1.54, 1.807) is 0 Å². The second-order valence-corrected chi connectivity index (χ2v) is 5.11. The van der Waals surface area contributed by atoms with Gasteiger partial charge in [0.2, 0.25) is 0 Å². The summed E-state index contributed by atoms with van der Waals surface area (Å²) in [5.74, 6) is 6.99. The summed E-state index contributed by atoms with van der Waals surface area (Å²) in [6.07, 6.45) is 2.39. The molecule has 0 aromatic rings. The molecule has 0 aromatic heterocycles. The third kappa shape index (κ3) is 14.5. The molecule has 4 nitrogen and oxygen atoms in total. The SMILES string of the molecule is OC(CS)COCCCC#CCCCOCC(O)CS. The van der Waals surface area contributed by atoms with Crippen LogP contribution in [-0.2, 0) is 9.47 Å². The summed E-state index contributed by atoms with van der Waals surface area (Å²) in [6, 6.07) is 0. The fourth-order valence-electron chi connectivity index (χ4n) is 1.25. The van der Waals surface area contributed by atoms with Crippen molar-refractivity contribution in [2.45, 2.75) is 37.9 Å². The van der Waals surface area contributed by atoms with Crippen molar-refractivity contribution in [2.24, 2.45) is 0 Å². The molecule has 0 spiro atoms. The average Bonchev–Trinajstić information content (AvgIpc) is 2.47. The predicted molar refractivity (Wildman–Crippen MR) is 87.6 cm³/mol. The van der Waals surface area contributed by atoms with Crippen molar-refractivity contribution in [3.8, 4) is 11.8 Å². The number of thiol groups is 2. The second-order valence-electron chi connectivity index (χ2n) is 4.38. The Kier molecular flexibility index (Phi) is 15.6. The van der Waals surface area contributed by atoms with E-state index in [0.29, 0.717) is 37.9 Å². The quantitative estimate of drug-likeness (QED) is 0.247. The number of aliphatic hydroxyl groups is 2. The number of aliphatic hydroxyl groups excluding tert-OH is 2. The molecular formula is C14H26O4S2. The lowest BCUT2D eigenvalue weighted by Gasteiger charge is -2.07. The summed E-state index contributed by atoms with van der Waals surface area (Å²) in [5, 5.41) is 18.4. The van der Waals surface area contributed by atoms with E-state index in [1.807, 2.05) is 0 Å². The molecule has 0 aromatic carbocycles. The number of unbranched alkanes of at least 4 members (excludes halogenated alkanes) is 2. The zero-order chi connectivity index (χ0) is 15.1. The molecule has 6 heteroatoms. The Balaban J connectivity index is 3.21. The molecule has 0 bridgehead atoms. The largest absolute Gasteiger partial charge is 0.390 e. The molecule has 0 aliphatic rings. The third-order valence-corrected chi connectivity index (χ3v) is 3.19. The fraction of sp³-hybridized carbons (Fsp3) is 0.857. The van der Waals surface area contributed by atoms with Crippen LogP contribution in [0.5, 0.6) is 0 Å². The van der Waals surface area contributed by atoms with Gasteiger partial charge in [-0.25, -0.2) is 0 Å². The van der Waals surface area contributed by atoms with Gasteiger partial charge in [-0.1, -0.05) is 0 Å². The van der Waals surface area contributed by atoms with E-state index in [1.165, 1.54) is 0 Å². The lowest BCUT2D eigenvalue weighted by Crippen LogP contribution is -2.17. The van der Waals surface area contributed by atoms with Crippen molar-refractivity contribution in [3.05, 3.63) is 0 Å². The van der Waals surface area contributed by atoms with Gasteiger partial charge in [-0.05, 0) is 12.8 Å². The molecule has 0 saturated heterocycles. The van der Waals surface area contributed by atoms with Gasteiger partial charge >= 0.3 is 0 Å². The van der Waals surface area contributed by atoms with Crippen molar-refractivity contribution < 1.29 is 19.7 Å². The topological polar surface area (TPSA) is 58.9 Å². The molecule has 0 fully saturated rings. The van der Waals surface area contributed by atoms with Crippen LogP contribution in [0.3, 0.4) is 0 Å². The maximum Gasteiger partial charge on any atom is 0.0861 e. The van der Waals surface area contributed by atoms with Crippen LogP contribution in [0.2, 0.25) is 0 Å². The molecule has 0 rings (SSSR count). The van der Waals surface area contributed by atoms with Crippen LogP contribution in [-0.4, -0.2) is 60.4 Å². The molecule has 0 aliphatic carbocycles. The number of rotatable bonds is 12. The van der Waals surface area contributed by atoms with Crippen LogP contribution in [0, 0.1) is 11.8 Å². The Labute approximate surface area is 133 Å². The van der Waals surface area contributed by atoms with E-state index < -0.39 is 12.2 Å². The number of ether oxygens (including phenoxy) is 2. The van der Waals surface area contributed by atoms with Crippen LogP contribution < -0.4 is 0 Å². The normalized spacial score (nSPS) is 13.6. The first kappa shape index (κ1) is 20.1.